The lowest BCUT2D eigenvalue weighted by atomic mass is 10.1. The van der Waals surface area contributed by atoms with E-state index in [1.54, 1.807) is 12.3 Å². The molecule has 0 fully saturated rings. The molecule has 0 aliphatic heterocycles. The second kappa shape index (κ2) is 8.11. The van der Waals surface area contributed by atoms with Crippen LogP contribution < -0.4 is 4.74 Å². The molecule has 2 aromatic rings. The summed E-state index contributed by atoms with van der Waals surface area (Å²) in [5.41, 5.74) is 2.75. The highest BCUT2D eigenvalue weighted by molar-refractivity contribution is 5.66. The molecule has 0 amide bonds. The van der Waals surface area contributed by atoms with Gasteiger partial charge in [0.25, 0.3) is 0 Å². The van der Waals surface area contributed by atoms with Crippen LogP contribution in [0.2, 0.25) is 0 Å². The number of halogens is 1. The van der Waals surface area contributed by atoms with Gasteiger partial charge >= 0.3 is 0 Å². The van der Waals surface area contributed by atoms with Crippen molar-refractivity contribution < 1.29 is 9.13 Å². The smallest absolute Gasteiger partial charge is 0.165 e. The highest BCUT2D eigenvalue weighted by atomic mass is 19.1. The fraction of sp³-hybridized carbons (Fsp3) is 0.500. The second-order valence-corrected chi connectivity index (χ2v) is 6.17. The SMILES string of the molecule is CCCCN(C)Cc1[nH]ncc1-c1ccc(OC(C)C)c(F)c1. The van der Waals surface area contributed by atoms with E-state index in [0.29, 0.717) is 0 Å². The zero-order chi connectivity index (χ0) is 16.8. The van der Waals surface area contributed by atoms with Gasteiger partial charge in [-0.05, 0) is 51.6 Å². The predicted octanol–water partition coefficient (Wildman–Crippen LogP) is 4.23. The van der Waals surface area contributed by atoms with Crippen LogP contribution in [0.15, 0.2) is 24.4 Å². The summed E-state index contributed by atoms with van der Waals surface area (Å²) in [6, 6.07) is 5.07. The van der Waals surface area contributed by atoms with Crippen molar-refractivity contribution in [1.29, 1.82) is 0 Å². The van der Waals surface area contributed by atoms with E-state index >= 15 is 0 Å². The quantitative estimate of drug-likeness (QED) is 0.791. The summed E-state index contributed by atoms with van der Waals surface area (Å²) in [6.07, 6.45) is 4.03. The first kappa shape index (κ1) is 17.5. The number of aromatic amines is 1. The minimum absolute atomic E-state index is 0.0490. The Kier molecular flexibility index (Phi) is 6.16. The first-order chi connectivity index (χ1) is 11.0. The maximum Gasteiger partial charge on any atom is 0.165 e. The van der Waals surface area contributed by atoms with Crippen molar-refractivity contribution in [3.05, 3.63) is 35.9 Å². The van der Waals surface area contributed by atoms with Crippen LogP contribution in [0.25, 0.3) is 11.1 Å². The number of H-pyrrole nitrogens is 1. The standard InChI is InChI=1S/C18H26FN3O/c1-5-6-9-22(4)12-17-15(11-20-21-17)14-7-8-18(16(19)10-14)23-13(2)3/h7-8,10-11,13H,5-6,9,12H2,1-4H3,(H,20,21). The van der Waals surface area contributed by atoms with E-state index < -0.39 is 0 Å². The fourth-order valence-electron chi connectivity index (χ4n) is 2.48. The normalized spacial score (nSPS) is 11.4. The number of nitrogens with zero attached hydrogens (tertiary/aromatic N) is 2. The van der Waals surface area contributed by atoms with Crippen molar-refractivity contribution in [3.8, 4) is 16.9 Å². The van der Waals surface area contributed by atoms with Crippen molar-refractivity contribution in [2.45, 2.75) is 46.3 Å². The molecule has 0 atom stereocenters. The van der Waals surface area contributed by atoms with Crippen LogP contribution in [-0.4, -0.2) is 34.8 Å². The summed E-state index contributed by atoms with van der Waals surface area (Å²) in [6.45, 7) is 7.74. The van der Waals surface area contributed by atoms with E-state index in [1.807, 2.05) is 19.9 Å². The third-order valence-electron chi connectivity index (χ3n) is 3.65. The molecule has 2 rings (SSSR count). The number of ether oxygens (including phenoxy) is 1. The van der Waals surface area contributed by atoms with Gasteiger partial charge in [0.05, 0.1) is 18.0 Å². The van der Waals surface area contributed by atoms with Gasteiger partial charge in [0.15, 0.2) is 11.6 Å². The largest absolute Gasteiger partial charge is 0.488 e. The van der Waals surface area contributed by atoms with Gasteiger partial charge in [0.2, 0.25) is 0 Å². The Morgan fingerprint density at radius 2 is 2.13 bits per heavy atom. The number of aromatic nitrogens is 2. The summed E-state index contributed by atoms with van der Waals surface area (Å²) >= 11 is 0. The van der Waals surface area contributed by atoms with Crippen molar-refractivity contribution in [3.63, 3.8) is 0 Å². The molecule has 0 aliphatic carbocycles. The number of nitrogens with one attached hydrogen (secondary N) is 1. The maximum atomic E-state index is 14.2. The van der Waals surface area contributed by atoms with E-state index in [-0.39, 0.29) is 17.7 Å². The third-order valence-corrected chi connectivity index (χ3v) is 3.65. The molecule has 126 valence electrons. The monoisotopic (exact) mass is 319 g/mol. The Morgan fingerprint density at radius 3 is 2.78 bits per heavy atom. The molecule has 4 nitrogen and oxygen atoms in total. The van der Waals surface area contributed by atoms with E-state index in [1.165, 1.54) is 12.5 Å². The van der Waals surface area contributed by atoms with Gasteiger partial charge < -0.3 is 9.64 Å². The van der Waals surface area contributed by atoms with Crippen LogP contribution in [0.1, 0.15) is 39.3 Å². The van der Waals surface area contributed by atoms with Crippen LogP contribution >= 0.6 is 0 Å². The number of benzene rings is 1. The van der Waals surface area contributed by atoms with Crippen LogP contribution in [0.4, 0.5) is 4.39 Å². The number of hydrogen-bond donors (Lipinski definition) is 1. The van der Waals surface area contributed by atoms with Gasteiger partial charge in [-0.3, -0.25) is 5.10 Å². The van der Waals surface area contributed by atoms with Crippen LogP contribution in [0.3, 0.4) is 0 Å². The lowest BCUT2D eigenvalue weighted by Gasteiger charge is -2.16. The van der Waals surface area contributed by atoms with E-state index in [0.717, 1.165) is 36.3 Å². The molecule has 1 aromatic carbocycles. The molecule has 1 aromatic heterocycles. The lowest BCUT2D eigenvalue weighted by Crippen LogP contribution is -2.19. The molecule has 1 N–H and O–H groups in total. The third kappa shape index (κ3) is 4.79. The molecule has 23 heavy (non-hydrogen) atoms. The van der Waals surface area contributed by atoms with Crippen molar-refractivity contribution >= 4 is 0 Å². The summed E-state index contributed by atoms with van der Waals surface area (Å²) in [5.74, 6) is -0.0588. The van der Waals surface area contributed by atoms with Crippen molar-refractivity contribution in [2.24, 2.45) is 0 Å². The fourth-order valence-corrected chi connectivity index (χ4v) is 2.48. The van der Waals surface area contributed by atoms with Crippen LogP contribution in [-0.2, 0) is 6.54 Å². The van der Waals surface area contributed by atoms with E-state index in [9.17, 15) is 4.39 Å². The molecule has 0 radical (unpaired) electrons. The molecule has 0 bridgehead atoms. The van der Waals surface area contributed by atoms with Gasteiger partial charge in [0.1, 0.15) is 0 Å². The molecular formula is C18H26FN3O. The minimum atomic E-state index is -0.345. The van der Waals surface area contributed by atoms with Gasteiger partial charge in [-0.1, -0.05) is 19.4 Å². The minimum Gasteiger partial charge on any atom is -0.488 e. The van der Waals surface area contributed by atoms with Gasteiger partial charge in [-0.2, -0.15) is 5.10 Å². The summed E-state index contributed by atoms with van der Waals surface area (Å²) in [4.78, 5) is 2.24. The molecule has 0 unspecified atom stereocenters. The highest BCUT2D eigenvalue weighted by Crippen LogP contribution is 2.28. The number of hydrogen-bond acceptors (Lipinski definition) is 3. The maximum absolute atomic E-state index is 14.2. The average molecular weight is 319 g/mol. The predicted molar refractivity (Wildman–Crippen MR) is 91.0 cm³/mol. The molecule has 0 aliphatic rings. The average Bonchev–Trinajstić information content (AvgIpc) is 2.95. The second-order valence-electron chi connectivity index (χ2n) is 6.17. The summed E-state index contributed by atoms with van der Waals surface area (Å²) in [7, 11) is 2.08. The Hall–Kier alpha value is -1.88. The molecule has 0 saturated heterocycles. The Labute approximate surface area is 137 Å². The molecule has 0 saturated carbocycles. The van der Waals surface area contributed by atoms with Crippen molar-refractivity contribution in [2.75, 3.05) is 13.6 Å². The molecule has 1 heterocycles. The number of rotatable bonds is 8. The van der Waals surface area contributed by atoms with E-state index in [2.05, 4.69) is 29.1 Å². The molecular weight excluding hydrogens is 293 g/mol. The van der Waals surface area contributed by atoms with Crippen LogP contribution in [0.5, 0.6) is 5.75 Å². The lowest BCUT2D eigenvalue weighted by molar-refractivity contribution is 0.231. The van der Waals surface area contributed by atoms with Gasteiger partial charge in [-0.15, -0.1) is 0 Å². The van der Waals surface area contributed by atoms with Gasteiger partial charge in [-0.25, -0.2) is 4.39 Å². The molecule has 0 spiro atoms. The number of unbranched alkanes of at least 4 members (excludes halogenated alkanes) is 1. The highest BCUT2D eigenvalue weighted by Gasteiger charge is 2.13. The van der Waals surface area contributed by atoms with Crippen LogP contribution in [0, 0.1) is 5.82 Å². The first-order valence-electron chi connectivity index (χ1n) is 8.18. The zero-order valence-electron chi connectivity index (χ0n) is 14.4. The first-order valence-corrected chi connectivity index (χ1v) is 8.18. The molecule has 5 heteroatoms. The van der Waals surface area contributed by atoms with Crippen molar-refractivity contribution in [1.82, 2.24) is 15.1 Å². The van der Waals surface area contributed by atoms with Gasteiger partial charge in [0, 0.05) is 12.1 Å². The Morgan fingerprint density at radius 1 is 1.35 bits per heavy atom. The Bertz CT molecular complexity index is 624. The zero-order valence-corrected chi connectivity index (χ0v) is 14.4. The van der Waals surface area contributed by atoms with E-state index in [4.69, 9.17) is 4.74 Å². The summed E-state index contributed by atoms with van der Waals surface area (Å²) in [5, 5.41) is 7.16. The summed E-state index contributed by atoms with van der Waals surface area (Å²) < 4.78 is 19.6. The Balaban J connectivity index is 2.16. The topological polar surface area (TPSA) is 41.2 Å².